The average Bonchev–Trinajstić information content (AvgIpc) is 3.12. The molecule has 5 rings (SSSR count). The van der Waals surface area contributed by atoms with Gasteiger partial charge in [0.2, 0.25) is 0 Å². The molecule has 5 aromatic rings. The number of fused-ring (bicyclic) bond motifs is 2. The van der Waals surface area contributed by atoms with Crippen LogP contribution in [0.3, 0.4) is 0 Å². The second-order valence-corrected chi connectivity index (χ2v) is 6.71. The molecule has 27 heavy (non-hydrogen) atoms. The third-order valence-corrected chi connectivity index (χ3v) is 5.11. The summed E-state index contributed by atoms with van der Waals surface area (Å²) in [5.74, 6) is 0.464. The molecule has 0 atom stereocenters. The number of halogens is 1. The van der Waals surface area contributed by atoms with E-state index < -0.39 is 0 Å². The Morgan fingerprint density at radius 1 is 0.889 bits per heavy atom. The van der Waals surface area contributed by atoms with E-state index >= 15 is 0 Å². The van der Waals surface area contributed by atoms with Crippen LogP contribution in [0.15, 0.2) is 85.2 Å². The van der Waals surface area contributed by atoms with Gasteiger partial charge in [-0.05, 0) is 40.6 Å². The van der Waals surface area contributed by atoms with Crippen LogP contribution in [0.4, 0.5) is 0 Å². The van der Waals surface area contributed by atoms with Crippen molar-refractivity contribution in [3.05, 3.63) is 90.8 Å². The zero-order valence-electron chi connectivity index (χ0n) is 14.5. The summed E-state index contributed by atoms with van der Waals surface area (Å²) in [4.78, 5) is 9.47. The first-order valence-corrected chi connectivity index (χ1v) is 9.35. The van der Waals surface area contributed by atoms with E-state index in [2.05, 4.69) is 51.8 Å². The highest BCUT2D eigenvalue weighted by Crippen LogP contribution is 2.36. The molecule has 0 fully saturated rings. The maximum atomic E-state index is 6.04. The molecule has 0 aliphatic heterocycles. The lowest BCUT2D eigenvalue weighted by Gasteiger charge is -2.09. The molecule has 0 amide bonds. The van der Waals surface area contributed by atoms with Gasteiger partial charge in [0.05, 0.1) is 11.4 Å². The molecule has 0 saturated heterocycles. The molecule has 0 spiro atoms. The minimum absolute atomic E-state index is 0.464. The first kappa shape index (κ1) is 16.0. The van der Waals surface area contributed by atoms with Crippen LogP contribution in [0.5, 0.6) is 0 Å². The first-order valence-electron chi connectivity index (χ1n) is 8.81. The van der Waals surface area contributed by atoms with Crippen LogP contribution in [0.1, 0.15) is 5.56 Å². The zero-order valence-corrected chi connectivity index (χ0v) is 15.3. The van der Waals surface area contributed by atoms with Crippen LogP contribution < -0.4 is 0 Å². The Hall–Kier alpha value is -3.17. The molecule has 0 aliphatic carbocycles. The molecule has 2 aromatic carbocycles. The van der Waals surface area contributed by atoms with Gasteiger partial charge in [0.25, 0.3) is 0 Å². The number of aromatic nitrogens is 3. The summed E-state index contributed by atoms with van der Waals surface area (Å²) in [6, 6.07) is 24.8. The van der Waals surface area contributed by atoms with Crippen LogP contribution in [0.25, 0.3) is 39.1 Å². The van der Waals surface area contributed by atoms with E-state index in [1.54, 1.807) is 6.20 Å². The van der Waals surface area contributed by atoms with Crippen LogP contribution in [0.2, 0.25) is 0 Å². The third-order valence-electron chi connectivity index (χ3n) is 4.80. The Labute approximate surface area is 161 Å². The summed E-state index contributed by atoms with van der Waals surface area (Å²) < 4.78 is 2.13. The maximum Gasteiger partial charge on any atom is 0.138 e. The van der Waals surface area contributed by atoms with Gasteiger partial charge in [-0.25, -0.2) is 4.98 Å². The topological polar surface area (TPSA) is 30.2 Å². The molecule has 3 nitrogen and oxygen atoms in total. The monoisotopic (exact) mass is 369 g/mol. The Morgan fingerprint density at radius 3 is 2.59 bits per heavy atom. The molecule has 0 N–H and O–H groups in total. The highest BCUT2D eigenvalue weighted by molar-refractivity contribution is 6.17. The summed E-state index contributed by atoms with van der Waals surface area (Å²) in [5.41, 5.74) is 5.83. The lowest BCUT2D eigenvalue weighted by Crippen LogP contribution is -1.92. The fraction of sp³-hybridized carbons (Fsp3) is 0.0435. The quantitative estimate of drug-likeness (QED) is 0.367. The molecule has 0 aliphatic rings. The first-order chi connectivity index (χ1) is 13.3. The van der Waals surface area contributed by atoms with Crippen molar-refractivity contribution in [2.45, 2.75) is 5.88 Å². The fourth-order valence-corrected chi connectivity index (χ4v) is 3.71. The molecule has 0 unspecified atom stereocenters. The van der Waals surface area contributed by atoms with E-state index in [1.165, 1.54) is 10.8 Å². The molecular weight excluding hydrogens is 354 g/mol. The van der Waals surface area contributed by atoms with E-state index in [4.69, 9.17) is 16.6 Å². The van der Waals surface area contributed by atoms with E-state index in [1.807, 2.05) is 36.5 Å². The van der Waals surface area contributed by atoms with Gasteiger partial charge in [-0.15, -0.1) is 11.6 Å². The van der Waals surface area contributed by atoms with Crippen molar-refractivity contribution in [1.29, 1.82) is 0 Å². The molecule has 4 heteroatoms. The van der Waals surface area contributed by atoms with Crippen LogP contribution >= 0.6 is 11.6 Å². The van der Waals surface area contributed by atoms with Crippen LogP contribution in [-0.2, 0) is 5.88 Å². The number of imidazole rings is 1. The zero-order chi connectivity index (χ0) is 18.2. The number of pyridine rings is 2. The van der Waals surface area contributed by atoms with Gasteiger partial charge >= 0.3 is 0 Å². The Bertz CT molecular complexity index is 1250. The second-order valence-electron chi connectivity index (χ2n) is 6.45. The van der Waals surface area contributed by atoms with E-state index in [-0.39, 0.29) is 0 Å². The Balaban J connectivity index is 1.89. The van der Waals surface area contributed by atoms with Gasteiger partial charge < -0.3 is 0 Å². The van der Waals surface area contributed by atoms with E-state index in [9.17, 15) is 0 Å². The number of benzene rings is 2. The van der Waals surface area contributed by atoms with Gasteiger partial charge in [0, 0.05) is 23.8 Å². The lowest BCUT2D eigenvalue weighted by molar-refractivity contribution is 1.17. The van der Waals surface area contributed by atoms with E-state index in [0.717, 1.165) is 33.9 Å². The van der Waals surface area contributed by atoms with Gasteiger partial charge in [0.1, 0.15) is 11.3 Å². The molecular formula is C23H16ClN3. The van der Waals surface area contributed by atoms with Crippen LogP contribution in [-0.4, -0.2) is 14.4 Å². The summed E-state index contributed by atoms with van der Waals surface area (Å²) in [7, 11) is 0. The molecule has 3 heterocycles. The highest BCUT2D eigenvalue weighted by atomic mass is 35.5. The van der Waals surface area contributed by atoms with Gasteiger partial charge in [-0.1, -0.05) is 48.5 Å². The van der Waals surface area contributed by atoms with E-state index in [0.29, 0.717) is 5.88 Å². The minimum atomic E-state index is 0.464. The predicted octanol–water partition coefficient (Wildman–Crippen LogP) is 5.96. The largest absolute Gasteiger partial charge is 0.299 e. The van der Waals surface area contributed by atoms with Crippen molar-refractivity contribution in [3.63, 3.8) is 0 Å². The summed E-state index contributed by atoms with van der Waals surface area (Å²) in [6.07, 6.45) is 3.85. The summed E-state index contributed by atoms with van der Waals surface area (Å²) in [5, 5.41) is 2.40. The number of hydrogen-bond donors (Lipinski definition) is 0. The third kappa shape index (κ3) is 2.68. The predicted molar refractivity (Wildman–Crippen MR) is 111 cm³/mol. The summed E-state index contributed by atoms with van der Waals surface area (Å²) >= 11 is 6.04. The van der Waals surface area contributed by atoms with Crippen molar-refractivity contribution < 1.29 is 0 Å². The Morgan fingerprint density at radius 2 is 1.74 bits per heavy atom. The standard InChI is InChI=1S/C23H16ClN3/c24-15-16-11-13-27-21(14-16)26-22(20-10-3-4-12-25-20)23(27)19-9-5-7-17-6-1-2-8-18(17)19/h1-14H,15H2. The maximum absolute atomic E-state index is 6.04. The molecule has 0 radical (unpaired) electrons. The fourth-order valence-electron chi connectivity index (χ4n) is 3.54. The molecule has 3 aromatic heterocycles. The van der Waals surface area contributed by atoms with Gasteiger partial charge in [0.15, 0.2) is 0 Å². The number of hydrogen-bond acceptors (Lipinski definition) is 2. The number of alkyl halides is 1. The van der Waals surface area contributed by atoms with Crippen LogP contribution in [0, 0.1) is 0 Å². The van der Waals surface area contributed by atoms with Gasteiger partial charge in [-0.3, -0.25) is 9.38 Å². The summed E-state index contributed by atoms with van der Waals surface area (Å²) in [6.45, 7) is 0. The highest BCUT2D eigenvalue weighted by Gasteiger charge is 2.18. The molecule has 0 bridgehead atoms. The average molecular weight is 370 g/mol. The minimum Gasteiger partial charge on any atom is -0.299 e. The van der Waals surface area contributed by atoms with Crippen molar-refractivity contribution in [2.75, 3.05) is 0 Å². The number of rotatable bonds is 3. The van der Waals surface area contributed by atoms with Crippen molar-refractivity contribution in [1.82, 2.24) is 14.4 Å². The second kappa shape index (κ2) is 6.53. The normalized spacial score (nSPS) is 11.3. The van der Waals surface area contributed by atoms with Gasteiger partial charge in [-0.2, -0.15) is 0 Å². The van der Waals surface area contributed by atoms with Crippen molar-refractivity contribution >= 4 is 28.0 Å². The number of nitrogens with zero attached hydrogens (tertiary/aromatic N) is 3. The Kier molecular flexibility index (Phi) is 3.88. The van der Waals surface area contributed by atoms with Crippen molar-refractivity contribution in [3.8, 4) is 22.6 Å². The molecule has 130 valence electrons. The molecule has 0 saturated carbocycles. The smallest absolute Gasteiger partial charge is 0.138 e. The SMILES string of the molecule is ClCc1ccn2c(-c3cccc4ccccc34)c(-c3ccccn3)nc2c1. The lowest BCUT2D eigenvalue weighted by atomic mass is 10.00. The van der Waals surface area contributed by atoms with Crippen molar-refractivity contribution in [2.24, 2.45) is 0 Å².